The summed E-state index contributed by atoms with van der Waals surface area (Å²) in [6, 6.07) is 0. The molecule has 1 rings (SSSR count). The summed E-state index contributed by atoms with van der Waals surface area (Å²) >= 11 is 0. The molecule has 1 heterocycles. The van der Waals surface area contributed by atoms with Crippen molar-refractivity contribution in [2.75, 3.05) is 13.1 Å². The number of piperidine rings is 1. The molecule has 0 aromatic heterocycles. The van der Waals surface area contributed by atoms with E-state index in [0.717, 1.165) is 25.9 Å². The van der Waals surface area contributed by atoms with Gasteiger partial charge in [0.05, 0.1) is 6.10 Å². The quantitative estimate of drug-likeness (QED) is 0.658. The molecule has 1 aliphatic heterocycles. The monoisotopic (exact) mass is 219 g/mol. The number of aliphatic hydroxyl groups is 1. The second kappa shape index (κ2) is 10.0. The largest absolute Gasteiger partial charge is 0.662 e. The second-order valence-electron chi connectivity index (χ2n) is 1.90. The summed E-state index contributed by atoms with van der Waals surface area (Å²) in [5, 5.41) is 12.9. The van der Waals surface area contributed by atoms with Gasteiger partial charge in [-0.05, 0) is 12.8 Å². The molecule has 1 saturated heterocycles. The van der Waals surface area contributed by atoms with Crippen molar-refractivity contribution < 1.29 is 37.8 Å². The van der Waals surface area contributed by atoms with E-state index in [0.29, 0.717) is 0 Å². The fraction of sp³-hybridized carbons (Fsp3) is 1.00. The molecular formula is C7H16NOY-. The minimum atomic E-state index is -0.0579. The first-order valence-electron chi connectivity index (χ1n) is 3.71. The molecule has 0 unspecified atom stereocenters. The molecule has 2 nitrogen and oxygen atoms in total. The third-order valence-electron chi connectivity index (χ3n) is 1.24. The van der Waals surface area contributed by atoms with E-state index in [1.165, 1.54) is 0 Å². The van der Waals surface area contributed by atoms with Gasteiger partial charge in [-0.1, -0.05) is 13.8 Å². The first-order valence-corrected chi connectivity index (χ1v) is 3.71. The Kier molecular flexibility index (Phi) is 13.6. The summed E-state index contributed by atoms with van der Waals surface area (Å²) in [7, 11) is 0. The van der Waals surface area contributed by atoms with Gasteiger partial charge in [0.1, 0.15) is 0 Å². The molecule has 1 radical (unpaired) electrons. The van der Waals surface area contributed by atoms with E-state index in [1.54, 1.807) is 0 Å². The van der Waals surface area contributed by atoms with Gasteiger partial charge in [0.15, 0.2) is 0 Å². The van der Waals surface area contributed by atoms with E-state index < -0.39 is 0 Å². The Hall–Kier alpha value is 1.02. The summed E-state index contributed by atoms with van der Waals surface area (Å²) in [4.78, 5) is 0. The van der Waals surface area contributed by atoms with Crippen LogP contribution in [0.5, 0.6) is 0 Å². The van der Waals surface area contributed by atoms with Crippen LogP contribution < -0.4 is 0 Å². The van der Waals surface area contributed by atoms with Crippen LogP contribution in [0, 0.1) is 0 Å². The Morgan fingerprint density at radius 2 is 1.60 bits per heavy atom. The van der Waals surface area contributed by atoms with Crippen LogP contribution in [-0.4, -0.2) is 24.3 Å². The molecule has 3 heteroatoms. The zero-order chi connectivity index (χ0) is 7.11. The van der Waals surface area contributed by atoms with Crippen LogP contribution in [0.3, 0.4) is 0 Å². The van der Waals surface area contributed by atoms with Crippen molar-refractivity contribution in [2.24, 2.45) is 0 Å². The maximum atomic E-state index is 8.85. The smallest absolute Gasteiger partial charge is 0.0507 e. The van der Waals surface area contributed by atoms with Crippen LogP contribution >= 0.6 is 0 Å². The van der Waals surface area contributed by atoms with Crippen LogP contribution in [0.2, 0.25) is 0 Å². The Morgan fingerprint density at radius 1 is 1.20 bits per heavy atom. The third kappa shape index (κ3) is 7.13. The minimum Gasteiger partial charge on any atom is -0.662 e. The number of aliphatic hydroxyl groups excluding tert-OH is 1. The van der Waals surface area contributed by atoms with Crippen LogP contribution in [0.1, 0.15) is 26.7 Å². The van der Waals surface area contributed by atoms with Gasteiger partial charge in [-0.3, -0.25) is 0 Å². The standard InChI is InChI=1S/C5H10NO.C2H6.Y/c7-5-1-3-6-4-2-5;1-2;/h5,7H,1-4H2;1-2H3;/q-1;;. The Bertz CT molecular complexity index is 55.6. The van der Waals surface area contributed by atoms with Crippen LogP contribution in [0.4, 0.5) is 0 Å². The fourth-order valence-corrected chi connectivity index (χ4v) is 0.737. The molecular weight excluding hydrogens is 203 g/mol. The number of rotatable bonds is 0. The maximum absolute atomic E-state index is 8.85. The molecule has 10 heavy (non-hydrogen) atoms. The molecule has 59 valence electrons. The molecule has 0 aromatic carbocycles. The van der Waals surface area contributed by atoms with Gasteiger partial charge in [-0.25, -0.2) is 0 Å². The number of nitrogens with zero attached hydrogens (tertiary/aromatic N) is 1. The molecule has 0 atom stereocenters. The van der Waals surface area contributed by atoms with Gasteiger partial charge in [-0.2, -0.15) is 0 Å². The van der Waals surface area contributed by atoms with Crippen molar-refractivity contribution in [3.8, 4) is 0 Å². The van der Waals surface area contributed by atoms with E-state index in [-0.39, 0.29) is 38.8 Å². The van der Waals surface area contributed by atoms with E-state index in [9.17, 15) is 0 Å². The van der Waals surface area contributed by atoms with Gasteiger partial charge in [0.2, 0.25) is 0 Å². The average Bonchev–Trinajstić information content (AvgIpc) is 1.94. The van der Waals surface area contributed by atoms with E-state index >= 15 is 0 Å². The summed E-state index contributed by atoms with van der Waals surface area (Å²) in [6.45, 7) is 5.72. The first kappa shape index (κ1) is 13.6. The molecule has 0 spiro atoms. The minimum absolute atomic E-state index is 0. The van der Waals surface area contributed by atoms with E-state index in [4.69, 9.17) is 5.11 Å². The van der Waals surface area contributed by atoms with Crippen molar-refractivity contribution in [3.05, 3.63) is 5.32 Å². The predicted octanol–water partition coefficient (Wildman–Crippen LogP) is 1.54. The Labute approximate surface area is 88.7 Å². The predicted molar refractivity (Wildman–Crippen MR) is 39.7 cm³/mol. The van der Waals surface area contributed by atoms with Crippen molar-refractivity contribution in [1.82, 2.24) is 0 Å². The van der Waals surface area contributed by atoms with Crippen LogP contribution in [0.15, 0.2) is 0 Å². The van der Waals surface area contributed by atoms with Crippen molar-refractivity contribution in [3.63, 3.8) is 0 Å². The van der Waals surface area contributed by atoms with Gasteiger partial charge >= 0.3 is 0 Å². The van der Waals surface area contributed by atoms with Gasteiger partial charge in [0.25, 0.3) is 0 Å². The third-order valence-corrected chi connectivity index (χ3v) is 1.24. The van der Waals surface area contributed by atoms with Crippen molar-refractivity contribution in [2.45, 2.75) is 32.8 Å². The summed E-state index contributed by atoms with van der Waals surface area (Å²) in [5.74, 6) is 0. The molecule has 0 bridgehead atoms. The normalized spacial score (nSPS) is 18.3. The van der Waals surface area contributed by atoms with Gasteiger partial charge < -0.3 is 10.4 Å². The SMILES string of the molecule is CC.OC1CC[N-]CC1.[Y]. The zero-order valence-electron chi connectivity index (χ0n) is 6.88. The molecule has 0 saturated carbocycles. The van der Waals surface area contributed by atoms with Crippen LogP contribution in [0.25, 0.3) is 5.32 Å². The summed E-state index contributed by atoms with van der Waals surface area (Å²) in [5.41, 5.74) is 0. The maximum Gasteiger partial charge on any atom is 0.0507 e. The summed E-state index contributed by atoms with van der Waals surface area (Å²) < 4.78 is 0. The Morgan fingerprint density at radius 3 is 1.80 bits per heavy atom. The topological polar surface area (TPSA) is 34.3 Å². The molecule has 1 aliphatic rings. The van der Waals surface area contributed by atoms with Crippen LogP contribution in [-0.2, 0) is 32.7 Å². The van der Waals surface area contributed by atoms with E-state index in [1.807, 2.05) is 13.8 Å². The average molecular weight is 219 g/mol. The summed E-state index contributed by atoms with van der Waals surface area (Å²) in [6.07, 6.45) is 1.69. The zero-order valence-corrected chi connectivity index (χ0v) is 9.72. The Balaban J connectivity index is 0. The second-order valence-corrected chi connectivity index (χ2v) is 1.90. The van der Waals surface area contributed by atoms with E-state index in [2.05, 4.69) is 5.32 Å². The fourth-order valence-electron chi connectivity index (χ4n) is 0.737. The molecule has 0 aromatic rings. The van der Waals surface area contributed by atoms with Crippen molar-refractivity contribution in [1.29, 1.82) is 0 Å². The van der Waals surface area contributed by atoms with Gasteiger partial charge in [0, 0.05) is 32.7 Å². The molecule has 0 aliphatic carbocycles. The molecule has 1 N–H and O–H groups in total. The number of hydrogen-bond donors (Lipinski definition) is 1. The van der Waals surface area contributed by atoms with Crippen molar-refractivity contribution >= 4 is 0 Å². The number of hydrogen-bond acceptors (Lipinski definition) is 1. The molecule has 1 fully saturated rings. The first-order chi connectivity index (χ1) is 4.39. The molecule has 0 amide bonds. The van der Waals surface area contributed by atoms with Gasteiger partial charge in [-0.15, -0.1) is 13.1 Å².